The number of rotatable bonds is 5. The minimum Gasteiger partial charge on any atom is -0.496 e. The molecule has 0 spiro atoms. The van der Waals surface area contributed by atoms with Crippen LogP contribution in [0.5, 0.6) is 5.75 Å². The van der Waals surface area contributed by atoms with E-state index in [4.69, 9.17) is 10.5 Å². The molecule has 1 heterocycles. The fourth-order valence-electron chi connectivity index (χ4n) is 2.00. The summed E-state index contributed by atoms with van der Waals surface area (Å²) in [6.07, 6.45) is 0. The van der Waals surface area contributed by atoms with Crippen molar-refractivity contribution in [2.75, 3.05) is 7.11 Å². The lowest BCUT2D eigenvalue weighted by atomic mass is 10.1. The van der Waals surface area contributed by atoms with E-state index < -0.39 is 4.92 Å². The van der Waals surface area contributed by atoms with Gasteiger partial charge < -0.3 is 15.0 Å². The molecule has 0 saturated carbocycles. The van der Waals surface area contributed by atoms with Crippen molar-refractivity contribution in [3.63, 3.8) is 0 Å². The van der Waals surface area contributed by atoms with E-state index in [1.165, 1.54) is 19.2 Å². The average Bonchev–Trinajstić information content (AvgIpc) is 2.88. The van der Waals surface area contributed by atoms with Crippen molar-refractivity contribution in [1.29, 1.82) is 0 Å². The molecule has 0 radical (unpaired) electrons. The van der Waals surface area contributed by atoms with E-state index in [1.807, 2.05) is 11.5 Å². The van der Waals surface area contributed by atoms with Gasteiger partial charge in [-0.05, 0) is 13.0 Å². The Morgan fingerprint density at radius 3 is 2.75 bits per heavy atom. The van der Waals surface area contributed by atoms with Crippen LogP contribution in [0.1, 0.15) is 12.7 Å². The highest BCUT2D eigenvalue weighted by Gasteiger charge is 2.18. The zero-order valence-electron chi connectivity index (χ0n) is 11.2. The molecule has 106 valence electrons. The third-order valence-electron chi connectivity index (χ3n) is 2.96. The molecule has 20 heavy (non-hydrogen) atoms. The molecule has 0 saturated heterocycles. The Morgan fingerprint density at radius 1 is 1.45 bits per heavy atom. The first-order chi connectivity index (χ1) is 9.62. The van der Waals surface area contributed by atoms with Gasteiger partial charge in [-0.3, -0.25) is 10.1 Å². The standard InChI is InChI=1S/C12H15N5O3/c1-3-16-11(7-13)14-15-12(16)9-5-4-8(17(18)19)6-10(9)20-2/h4-6H,3,7,13H2,1-2H3. The van der Waals surface area contributed by atoms with Crippen LogP contribution in [0, 0.1) is 10.1 Å². The van der Waals surface area contributed by atoms with Crippen LogP contribution in [0.2, 0.25) is 0 Å². The monoisotopic (exact) mass is 277 g/mol. The second-order valence-corrected chi connectivity index (χ2v) is 4.03. The van der Waals surface area contributed by atoms with Gasteiger partial charge in [-0.25, -0.2) is 0 Å². The molecule has 0 aliphatic heterocycles. The largest absolute Gasteiger partial charge is 0.496 e. The fourth-order valence-corrected chi connectivity index (χ4v) is 2.00. The van der Waals surface area contributed by atoms with Crippen molar-refractivity contribution in [3.05, 3.63) is 34.1 Å². The first-order valence-electron chi connectivity index (χ1n) is 6.07. The van der Waals surface area contributed by atoms with Gasteiger partial charge in [-0.2, -0.15) is 0 Å². The van der Waals surface area contributed by atoms with Crippen molar-refractivity contribution in [2.45, 2.75) is 20.0 Å². The normalized spacial score (nSPS) is 10.6. The molecule has 1 aromatic carbocycles. The van der Waals surface area contributed by atoms with E-state index in [-0.39, 0.29) is 12.2 Å². The van der Waals surface area contributed by atoms with Crippen LogP contribution < -0.4 is 10.5 Å². The minimum absolute atomic E-state index is 0.0350. The van der Waals surface area contributed by atoms with Gasteiger partial charge in [-0.15, -0.1) is 10.2 Å². The highest BCUT2D eigenvalue weighted by Crippen LogP contribution is 2.32. The van der Waals surface area contributed by atoms with E-state index in [2.05, 4.69) is 10.2 Å². The van der Waals surface area contributed by atoms with Crippen LogP contribution in [-0.2, 0) is 13.1 Å². The van der Waals surface area contributed by atoms with Gasteiger partial charge in [0, 0.05) is 12.6 Å². The van der Waals surface area contributed by atoms with Crippen LogP contribution in [0.15, 0.2) is 18.2 Å². The first-order valence-corrected chi connectivity index (χ1v) is 6.07. The predicted molar refractivity (Wildman–Crippen MR) is 72.2 cm³/mol. The molecule has 2 aromatic rings. The molecule has 0 fully saturated rings. The predicted octanol–water partition coefficient (Wildman–Crippen LogP) is 1.34. The van der Waals surface area contributed by atoms with Crippen molar-refractivity contribution in [1.82, 2.24) is 14.8 Å². The Bertz CT molecular complexity index is 638. The van der Waals surface area contributed by atoms with Crippen LogP contribution >= 0.6 is 0 Å². The van der Waals surface area contributed by atoms with E-state index >= 15 is 0 Å². The molecule has 0 bridgehead atoms. The summed E-state index contributed by atoms with van der Waals surface area (Å²) in [5, 5.41) is 18.9. The van der Waals surface area contributed by atoms with Crippen molar-refractivity contribution < 1.29 is 9.66 Å². The third kappa shape index (κ3) is 2.32. The topological polar surface area (TPSA) is 109 Å². The Kier molecular flexibility index (Phi) is 3.94. The third-order valence-corrected chi connectivity index (χ3v) is 2.96. The number of nitrogens with two attached hydrogens (primary N) is 1. The number of nitro groups is 1. The molecule has 0 aliphatic carbocycles. The van der Waals surface area contributed by atoms with Crippen LogP contribution in [-0.4, -0.2) is 26.8 Å². The highest BCUT2D eigenvalue weighted by atomic mass is 16.6. The molecule has 1 aromatic heterocycles. The average molecular weight is 277 g/mol. The lowest BCUT2D eigenvalue weighted by Crippen LogP contribution is -2.08. The number of hydrogen-bond acceptors (Lipinski definition) is 6. The summed E-state index contributed by atoms with van der Waals surface area (Å²) in [4.78, 5) is 10.3. The van der Waals surface area contributed by atoms with E-state index in [0.717, 1.165) is 0 Å². The molecule has 0 unspecified atom stereocenters. The summed E-state index contributed by atoms with van der Waals surface area (Å²) in [6, 6.07) is 4.38. The fraction of sp³-hybridized carbons (Fsp3) is 0.333. The quantitative estimate of drug-likeness (QED) is 0.652. The second-order valence-electron chi connectivity index (χ2n) is 4.03. The number of ether oxygens (including phenoxy) is 1. The molecular weight excluding hydrogens is 262 g/mol. The van der Waals surface area contributed by atoms with Crippen molar-refractivity contribution in [2.24, 2.45) is 5.73 Å². The molecule has 8 nitrogen and oxygen atoms in total. The molecule has 0 amide bonds. The summed E-state index contributed by atoms with van der Waals surface area (Å²) >= 11 is 0. The Morgan fingerprint density at radius 2 is 2.20 bits per heavy atom. The van der Waals surface area contributed by atoms with Crippen LogP contribution in [0.4, 0.5) is 5.69 Å². The number of methoxy groups -OCH3 is 1. The van der Waals surface area contributed by atoms with Gasteiger partial charge >= 0.3 is 0 Å². The summed E-state index contributed by atoms with van der Waals surface area (Å²) in [5.41, 5.74) is 6.22. The summed E-state index contributed by atoms with van der Waals surface area (Å²) in [6.45, 7) is 2.87. The highest BCUT2D eigenvalue weighted by molar-refractivity contribution is 5.67. The molecule has 0 aliphatic rings. The molecular formula is C12H15N5O3. The van der Waals surface area contributed by atoms with E-state index in [0.29, 0.717) is 29.5 Å². The Hall–Kier alpha value is -2.48. The van der Waals surface area contributed by atoms with Gasteiger partial charge in [0.05, 0.1) is 30.2 Å². The van der Waals surface area contributed by atoms with Gasteiger partial charge in [0.25, 0.3) is 5.69 Å². The van der Waals surface area contributed by atoms with Gasteiger partial charge in [-0.1, -0.05) is 0 Å². The maximum absolute atomic E-state index is 10.8. The van der Waals surface area contributed by atoms with Crippen LogP contribution in [0.3, 0.4) is 0 Å². The number of non-ortho nitro benzene ring substituents is 1. The zero-order valence-corrected chi connectivity index (χ0v) is 11.2. The lowest BCUT2D eigenvalue weighted by Gasteiger charge is -2.10. The maximum atomic E-state index is 10.8. The zero-order chi connectivity index (χ0) is 14.7. The number of aromatic nitrogens is 3. The number of benzene rings is 1. The smallest absolute Gasteiger partial charge is 0.273 e. The van der Waals surface area contributed by atoms with Gasteiger partial charge in [0.15, 0.2) is 5.82 Å². The molecule has 2 N–H and O–H groups in total. The lowest BCUT2D eigenvalue weighted by molar-refractivity contribution is -0.384. The summed E-state index contributed by atoms with van der Waals surface area (Å²) < 4.78 is 7.07. The first kappa shape index (κ1) is 13.9. The SMILES string of the molecule is CCn1c(CN)nnc1-c1ccc([N+](=O)[O-])cc1OC. The number of nitro benzene ring substituents is 1. The van der Waals surface area contributed by atoms with Crippen LogP contribution in [0.25, 0.3) is 11.4 Å². The van der Waals surface area contributed by atoms with Gasteiger partial charge in [0.2, 0.25) is 0 Å². The summed E-state index contributed by atoms with van der Waals surface area (Å²) in [7, 11) is 1.46. The Labute approximate surface area is 115 Å². The molecule has 8 heteroatoms. The number of hydrogen-bond donors (Lipinski definition) is 1. The Balaban J connectivity index is 2.57. The maximum Gasteiger partial charge on any atom is 0.273 e. The minimum atomic E-state index is -0.470. The van der Waals surface area contributed by atoms with Gasteiger partial charge in [0.1, 0.15) is 11.6 Å². The van der Waals surface area contributed by atoms with E-state index in [9.17, 15) is 10.1 Å². The van der Waals surface area contributed by atoms with Crippen molar-refractivity contribution in [3.8, 4) is 17.1 Å². The second kappa shape index (κ2) is 5.66. The van der Waals surface area contributed by atoms with E-state index in [1.54, 1.807) is 6.07 Å². The molecule has 2 rings (SSSR count). The van der Waals surface area contributed by atoms with Crippen molar-refractivity contribution >= 4 is 5.69 Å². The molecule has 0 atom stereocenters. The number of nitrogens with zero attached hydrogens (tertiary/aromatic N) is 4. The summed E-state index contributed by atoms with van der Waals surface area (Å²) in [5.74, 6) is 1.62.